The molecule has 2 nitrogen and oxygen atoms in total. The van der Waals surface area contributed by atoms with Crippen LogP contribution in [0.2, 0.25) is 0 Å². The molecule has 2 heteroatoms. The van der Waals surface area contributed by atoms with Gasteiger partial charge in [-0.2, -0.15) is 0 Å². The second-order valence-corrected chi connectivity index (χ2v) is 4.93. The lowest BCUT2D eigenvalue weighted by molar-refractivity contribution is 0.0877. The fourth-order valence-electron chi connectivity index (χ4n) is 2.91. The van der Waals surface area contributed by atoms with Gasteiger partial charge in [0.25, 0.3) is 0 Å². The van der Waals surface area contributed by atoms with E-state index in [0.29, 0.717) is 0 Å². The lowest BCUT2D eigenvalue weighted by Crippen LogP contribution is -2.37. The van der Waals surface area contributed by atoms with E-state index in [-0.39, 0.29) is 24.5 Å². The zero-order valence-electron chi connectivity index (χ0n) is 9.37. The summed E-state index contributed by atoms with van der Waals surface area (Å²) in [6, 6.07) is 0. The van der Waals surface area contributed by atoms with E-state index in [1.54, 1.807) is 0 Å². The van der Waals surface area contributed by atoms with Gasteiger partial charge in [-0.15, -0.1) is 0 Å². The molecule has 2 aliphatic carbocycles. The number of hydrogen-bond acceptors (Lipinski definition) is 2. The van der Waals surface area contributed by atoms with Gasteiger partial charge in [0.15, 0.2) is 0 Å². The Morgan fingerprint density at radius 1 is 1.33 bits per heavy atom. The standard InChI is InChI=1S/C13H20O2/c1-13(9-15)11(8-14)7-6-10-4-2-3-5-12(10)13/h6-7,11,14-15H,2-5,8-9H2,1H3/t11-,13+/m1/s1. The maximum absolute atomic E-state index is 9.61. The minimum atomic E-state index is -0.223. The van der Waals surface area contributed by atoms with Gasteiger partial charge in [-0.05, 0) is 31.3 Å². The molecule has 2 aliphatic rings. The van der Waals surface area contributed by atoms with E-state index in [2.05, 4.69) is 19.1 Å². The first-order valence-electron chi connectivity index (χ1n) is 5.85. The van der Waals surface area contributed by atoms with Crippen LogP contribution in [0.1, 0.15) is 32.6 Å². The number of hydrogen-bond donors (Lipinski definition) is 2. The minimum absolute atomic E-state index is 0.0827. The van der Waals surface area contributed by atoms with E-state index in [9.17, 15) is 10.2 Å². The maximum Gasteiger partial charge on any atom is 0.0528 e. The largest absolute Gasteiger partial charge is 0.396 e. The van der Waals surface area contributed by atoms with E-state index in [4.69, 9.17) is 0 Å². The van der Waals surface area contributed by atoms with Gasteiger partial charge in [-0.3, -0.25) is 0 Å². The molecule has 0 aromatic carbocycles. The first kappa shape index (κ1) is 10.9. The van der Waals surface area contributed by atoms with Crippen molar-refractivity contribution in [3.63, 3.8) is 0 Å². The molecule has 0 saturated carbocycles. The van der Waals surface area contributed by atoms with Crippen LogP contribution in [0.15, 0.2) is 23.3 Å². The summed E-state index contributed by atoms with van der Waals surface area (Å²) in [6.07, 6.45) is 8.94. The minimum Gasteiger partial charge on any atom is -0.396 e. The molecule has 0 radical (unpaired) electrons. The van der Waals surface area contributed by atoms with Gasteiger partial charge in [0.2, 0.25) is 0 Å². The zero-order chi connectivity index (χ0) is 10.9. The van der Waals surface area contributed by atoms with Crippen LogP contribution in [0.25, 0.3) is 0 Å². The number of aliphatic hydroxyl groups is 2. The molecular weight excluding hydrogens is 188 g/mol. The molecule has 0 unspecified atom stereocenters. The van der Waals surface area contributed by atoms with Crippen LogP contribution >= 0.6 is 0 Å². The first-order chi connectivity index (χ1) is 7.22. The number of aliphatic hydroxyl groups excluding tert-OH is 2. The third-order valence-corrected chi connectivity index (χ3v) is 4.07. The van der Waals surface area contributed by atoms with Crippen molar-refractivity contribution in [1.29, 1.82) is 0 Å². The first-order valence-corrected chi connectivity index (χ1v) is 5.85. The van der Waals surface area contributed by atoms with Gasteiger partial charge in [0.05, 0.1) is 13.2 Å². The summed E-state index contributed by atoms with van der Waals surface area (Å²) >= 11 is 0. The molecule has 0 bridgehead atoms. The van der Waals surface area contributed by atoms with E-state index in [1.165, 1.54) is 24.0 Å². The second-order valence-electron chi connectivity index (χ2n) is 4.93. The van der Waals surface area contributed by atoms with Gasteiger partial charge in [0.1, 0.15) is 0 Å². The summed E-state index contributed by atoms with van der Waals surface area (Å²) in [7, 11) is 0. The van der Waals surface area contributed by atoms with Crippen molar-refractivity contribution in [2.45, 2.75) is 32.6 Å². The van der Waals surface area contributed by atoms with Crippen LogP contribution in [0.4, 0.5) is 0 Å². The predicted molar refractivity (Wildman–Crippen MR) is 60.4 cm³/mol. The molecule has 0 saturated heterocycles. The highest BCUT2D eigenvalue weighted by Crippen LogP contribution is 2.46. The summed E-state index contributed by atoms with van der Waals surface area (Å²) < 4.78 is 0. The molecule has 2 atom stereocenters. The summed E-state index contributed by atoms with van der Waals surface area (Å²) in [5.41, 5.74) is 2.57. The fourth-order valence-corrected chi connectivity index (χ4v) is 2.91. The van der Waals surface area contributed by atoms with E-state index in [1.807, 2.05) is 0 Å². The number of allylic oxidation sites excluding steroid dienone is 2. The quantitative estimate of drug-likeness (QED) is 0.729. The second kappa shape index (κ2) is 4.11. The molecule has 0 aromatic heterocycles. The Hall–Kier alpha value is -0.600. The van der Waals surface area contributed by atoms with Gasteiger partial charge >= 0.3 is 0 Å². The Morgan fingerprint density at radius 2 is 2.07 bits per heavy atom. The highest BCUT2D eigenvalue weighted by atomic mass is 16.3. The molecule has 84 valence electrons. The van der Waals surface area contributed by atoms with Gasteiger partial charge in [-0.1, -0.05) is 24.6 Å². The van der Waals surface area contributed by atoms with Crippen molar-refractivity contribution in [3.8, 4) is 0 Å². The molecule has 0 amide bonds. The van der Waals surface area contributed by atoms with Crippen LogP contribution in [0.5, 0.6) is 0 Å². The molecule has 0 heterocycles. The average molecular weight is 208 g/mol. The van der Waals surface area contributed by atoms with Crippen LogP contribution in [-0.4, -0.2) is 23.4 Å². The molecule has 0 fully saturated rings. The smallest absolute Gasteiger partial charge is 0.0528 e. The highest BCUT2D eigenvalue weighted by Gasteiger charge is 2.39. The lowest BCUT2D eigenvalue weighted by Gasteiger charge is -2.41. The molecule has 0 spiro atoms. The van der Waals surface area contributed by atoms with Gasteiger partial charge in [-0.25, -0.2) is 0 Å². The van der Waals surface area contributed by atoms with Gasteiger partial charge < -0.3 is 10.2 Å². The Balaban J connectivity index is 2.38. The Bertz CT molecular complexity index is 304. The molecular formula is C13H20O2. The Kier molecular flexibility index (Phi) is 2.98. The van der Waals surface area contributed by atoms with Crippen LogP contribution in [0.3, 0.4) is 0 Å². The summed E-state index contributed by atoms with van der Waals surface area (Å²) in [5, 5.41) is 19.0. The van der Waals surface area contributed by atoms with Crippen LogP contribution in [0, 0.1) is 11.3 Å². The summed E-state index contributed by atoms with van der Waals surface area (Å²) in [5.74, 6) is 0.0827. The van der Waals surface area contributed by atoms with Crippen LogP contribution < -0.4 is 0 Å². The summed E-state index contributed by atoms with van der Waals surface area (Å²) in [6.45, 7) is 2.35. The van der Waals surface area contributed by atoms with Crippen molar-refractivity contribution >= 4 is 0 Å². The number of rotatable bonds is 2. The topological polar surface area (TPSA) is 40.5 Å². The third-order valence-electron chi connectivity index (χ3n) is 4.07. The maximum atomic E-state index is 9.61. The van der Waals surface area contributed by atoms with Crippen molar-refractivity contribution in [2.75, 3.05) is 13.2 Å². The monoisotopic (exact) mass is 208 g/mol. The lowest BCUT2D eigenvalue weighted by atomic mass is 9.64. The average Bonchev–Trinajstić information content (AvgIpc) is 2.30. The Labute approximate surface area is 91.3 Å². The van der Waals surface area contributed by atoms with Gasteiger partial charge in [0, 0.05) is 11.3 Å². The molecule has 0 aromatic rings. The van der Waals surface area contributed by atoms with Crippen LogP contribution in [-0.2, 0) is 0 Å². The predicted octanol–water partition coefficient (Wildman–Crippen LogP) is 2.03. The summed E-state index contributed by atoms with van der Waals surface area (Å²) in [4.78, 5) is 0. The molecule has 0 aliphatic heterocycles. The van der Waals surface area contributed by atoms with Crippen molar-refractivity contribution in [3.05, 3.63) is 23.3 Å². The van der Waals surface area contributed by atoms with Crippen molar-refractivity contribution in [2.24, 2.45) is 11.3 Å². The van der Waals surface area contributed by atoms with Crippen molar-refractivity contribution in [1.82, 2.24) is 0 Å². The van der Waals surface area contributed by atoms with E-state index < -0.39 is 0 Å². The molecule has 15 heavy (non-hydrogen) atoms. The fraction of sp³-hybridized carbons (Fsp3) is 0.692. The third kappa shape index (κ3) is 1.66. The van der Waals surface area contributed by atoms with Crippen molar-refractivity contribution < 1.29 is 10.2 Å². The molecule has 2 N–H and O–H groups in total. The van der Waals surface area contributed by atoms with E-state index >= 15 is 0 Å². The normalized spacial score (nSPS) is 35.5. The Morgan fingerprint density at radius 3 is 2.73 bits per heavy atom. The zero-order valence-corrected chi connectivity index (χ0v) is 9.37. The van der Waals surface area contributed by atoms with E-state index in [0.717, 1.165) is 12.8 Å². The highest BCUT2D eigenvalue weighted by molar-refractivity contribution is 5.38. The molecule has 2 rings (SSSR count). The SMILES string of the molecule is C[C@@]1(CO)C2=C(C=C[C@@H]1CO)CCCC2.